The number of esters is 1. The first-order valence-corrected chi connectivity index (χ1v) is 11.2. The number of likely N-dealkylation sites (tertiary alicyclic amines) is 1. The highest BCUT2D eigenvalue weighted by molar-refractivity contribution is 5.94. The standard InChI is InChI=1S/C27H24N2O4/c30-24(33-26(19-10-2-1-3-11-19)27(32)28-16-8-9-17-28)18-29-22-14-6-4-12-20(22)25(31)21-13-5-7-15-23(21)29/h1-7,10-15,26H,8-9,16-18H2. The fourth-order valence-corrected chi connectivity index (χ4v) is 4.54. The molecule has 0 bridgehead atoms. The van der Waals surface area contributed by atoms with Gasteiger partial charge in [-0.1, -0.05) is 54.6 Å². The summed E-state index contributed by atoms with van der Waals surface area (Å²) >= 11 is 0. The average molecular weight is 440 g/mol. The molecular formula is C27H24N2O4. The van der Waals surface area contributed by atoms with E-state index in [0.29, 0.717) is 40.5 Å². The molecule has 1 unspecified atom stereocenters. The molecular weight excluding hydrogens is 416 g/mol. The van der Waals surface area contributed by atoms with Gasteiger partial charge in [-0.2, -0.15) is 0 Å². The lowest BCUT2D eigenvalue weighted by molar-refractivity contribution is -0.160. The Bertz CT molecular complexity index is 1330. The van der Waals surface area contributed by atoms with Crippen LogP contribution >= 0.6 is 0 Å². The van der Waals surface area contributed by atoms with E-state index in [-0.39, 0.29) is 17.9 Å². The maximum Gasteiger partial charge on any atom is 0.327 e. The molecule has 1 saturated heterocycles. The van der Waals surface area contributed by atoms with Crippen LogP contribution in [0, 0.1) is 0 Å². The Hall–Kier alpha value is -3.93. The number of carbonyl (C=O) groups is 2. The maximum absolute atomic E-state index is 13.2. The van der Waals surface area contributed by atoms with Crippen LogP contribution in [0.4, 0.5) is 0 Å². The Morgan fingerprint density at radius 3 is 1.94 bits per heavy atom. The van der Waals surface area contributed by atoms with Gasteiger partial charge in [0, 0.05) is 29.4 Å². The van der Waals surface area contributed by atoms with Crippen LogP contribution in [0.3, 0.4) is 0 Å². The summed E-state index contributed by atoms with van der Waals surface area (Å²) in [7, 11) is 0. The average Bonchev–Trinajstić information content (AvgIpc) is 3.40. The monoisotopic (exact) mass is 440 g/mol. The molecule has 33 heavy (non-hydrogen) atoms. The summed E-state index contributed by atoms with van der Waals surface area (Å²) in [4.78, 5) is 41.1. The van der Waals surface area contributed by atoms with Gasteiger partial charge in [0.05, 0.1) is 11.0 Å². The number of nitrogens with zero attached hydrogens (tertiary/aromatic N) is 2. The number of hydrogen-bond acceptors (Lipinski definition) is 4. The topological polar surface area (TPSA) is 68.6 Å². The summed E-state index contributed by atoms with van der Waals surface area (Å²) in [6.45, 7) is 1.24. The number of benzene rings is 3. The van der Waals surface area contributed by atoms with Gasteiger partial charge in [-0.25, -0.2) is 0 Å². The van der Waals surface area contributed by atoms with Crippen molar-refractivity contribution in [2.75, 3.05) is 13.1 Å². The summed E-state index contributed by atoms with van der Waals surface area (Å²) in [5, 5.41) is 1.08. The largest absolute Gasteiger partial charge is 0.446 e. The van der Waals surface area contributed by atoms with E-state index in [1.807, 2.05) is 42.5 Å². The van der Waals surface area contributed by atoms with E-state index < -0.39 is 12.1 Å². The third kappa shape index (κ3) is 4.00. The minimum absolute atomic E-state index is 0.0720. The fraction of sp³-hybridized carbons (Fsp3) is 0.222. The highest BCUT2D eigenvalue weighted by Crippen LogP contribution is 2.24. The molecule has 0 saturated carbocycles. The van der Waals surface area contributed by atoms with Crippen LogP contribution in [0.2, 0.25) is 0 Å². The second-order valence-corrected chi connectivity index (χ2v) is 8.26. The number of ether oxygens (including phenoxy) is 1. The summed E-state index contributed by atoms with van der Waals surface area (Å²) in [5.41, 5.74) is 1.88. The van der Waals surface area contributed by atoms with Crippen molar-refractivity contribution in [2.24, 2.45) is 0 Å². The molecule has 3 aromatic carbocycles. The number of aromatic nitrogens is 1. The predicted molar refractivity (Wildman–Crippen MR) is 127 cm³/mol. The first kappa shape index (κ1) is 20.9. The van der Waals surface area contributed by atoms with Gasteiger partial charge >= 0.3 is 5.97 Å². The predicted octanol–water partition coefficient (Wildman–Crippen LogP) is 4.06. The number of amides is 1. The van der Waals surface area contributed by atoms with Gasteiger partial charge in [0.25, 0.3) is 5.91 Å². The van der Waals surface area contributed by atoms with Gasteiger partial charge in [-0.05, 0) is 37.1 Å². The van der Waals surface area contributed by atoms with Crippen molar-refractivity contribution >= 4 is 33.7 Å². The molecule has 1 fully saturated rings. The lowest BCUT2D eigenvalue weighted by Gasteiger charge is -2.24. The van der Waals surface area contributed by atoms with Gasteiger partial charge in [0.2, 0.25) is 6.10 Å². The van der Waals surface area contributed by atoms with E-state index in [4.69, 9.17) is 4.74 Å². The molecule has 0 radical (unpaired) electrons. The Morgan fingerprint density at radius 1 is 0.788 bits per heavy atom. The second kappa shape index (κ2) is 8.90. The number of rotatable bonds is 5. The Morgan fingerprint density at radius 2 is 1.33 bits per heavy atom. The number of carbonyl (C=O) groups excluding carboxylic acids is 2. The zero-order chi connectivity index (χ0) is 22.8. The van der Waals surface area contributed by atoms with Crippen LogP contribution in [-0.4, -0.2) is 34.4 Å². The summed E-state index contributed by atoms with van der Waals surface area (Å²) in [5.74, 6) is -0.725. The van der Waals surface area contributed by atoms with Crippen LogP contribution in [0.5, 0.6) is 0 Å². The number of pyridine rings is 1. The van der Waals surface area contributed by atoms with Crippen LogP contribution < -0.4 is 5.43 Å². The summed E-state index contributed by atoms with van der Waals surface area (Å²) in [6, 6.07) is 23.6. The van der Waals surface area contributed by atoms with Crippen molar-refractivity contribution in [1.29, 1.82) is 0 Å². The minimum Gasteiger partial charge on any atom is -0.446 e. The van der Waals surface area contributed by atoms with Crippen LogP contribution in [0.15, 0.2) is 83.7 Å². The third-order valence-electron chi connectivity index (χ3n) is 6.16. The molecule has 1 aliphatic heterocycles. The molecule has 6 heteroatoms. The number of fused-ring (bicyclic) bond motifs is 2. The molecule has 0 aliphatic carbocycles. The fourth-order valence-electron chi connectivity index (χ4n) is 4.54. The van der Waals surface area contributed by atoms with Gasteiger partial charge in [0.15, 0.2) is 5.43 Å². The van der Waals surface area contributed by atoms with E-state index in [0.717, 1.165) is 12.8 Å². The van der Waals surface area contributed by atoms with Crippen molar-refractivity contribution < 1.29 is 14.3 Å². The molecule has 0 N–H and O–H groups in total. The molecule has 2 heterocycles. The molecule has 6 nitrogen and oxygen atoms in total. The molecule has 0 spiro atoms. The smallest absolute Gasteiger partial charge is 0.327 e. The van der Waals surface area contributed by atoms with Gasteiger partial charge in [0.1, 0.15) is 6.54 Å². The van der Waals surface area contributed by atoms with E-state index in [1.54, 1.807) is 45.9 Å². The lowest BCUT2D eigenvalue weighted by atomic mass is 10.1. The quantitative estimate of drug-likeness (QED) is 0.347. The zero-order valence-corrected chi connectivity index (χ0v) is 18.1. The molecule has 5 rings (SSSR count). The van der Waals surface area contributed by atoms with Crippen molar-refractivity contribution in [2.45, 2.75) is 25.5 Å². The highest BCUT2D eigenvalue weighted by atomic mass is 16.5. The maximum atomic E-state index is 13.2. The van der Waals surface area contributed by atoms with Crippen LogP contribution in [0.1, 0.15) is 24.5 Å². The Balaban J connectivity index is 1.51. The molecule has 1 aromatic heterocycles. The molecule has 1 amide bonds. The first-order chi connectivity index (χ1) is 16.1. The van der Waals surface area contributed by atoms with Crippen molar-refractivity contribution in [1.82, 2.24) is 9.47 Å². The van der Waals surface area contributed by atoms with Gasteiger partial charge < -0.3 is 14.2 Å². The van der Waals surface area contributed by atoms with Crippen molar-refractivity contribution in [3.05, 3.63) is 94.6 Å². The minimum atomic E-state index is -0.992. The van der Waals surface area contributed by atoms with Gasteiger partial charge in [-0.3, -0.25) is 14.4 Å². The Labute approximate surface area is 191 Å². The summed E-state index contributed by atoms with van der Waals surface area (Å²) in [6.07, 6.45) is 0.918. The van der Waals surface area contributed by atoms with Crippen LogP contribution in [0.25, 0.3) is 21.8 Å². The van der Waals surface area contributed by atoms with E-state index in [2.05, 4.69) is 0 Å². The molecule has 4 aromatic rings. The Kier molecular flexibility index (Phi) is 5.65. The highest BCUT2D eigenvalue weighted by Gasteiger charge is 2.31. The van der Waals surface area contributed by atoms with Gasteiger partial charge in [-0.15, -0.1) is 0 Å². The normalized spacial score (nSPS) is 14.5. The number of hydrogen-bond donors (Lipinski definition) is 0. The SMILES string of the molecule is O=C(Cn1c2ccccc2c(=O)c2ccccc21)OC(C(=O)N1CCCC1)c1ccccc1. The molecule has 1 atom stereocenters. The molecule has 166 valence electrons. The zero-order valence-electron chi connectivity index (χ0n) is 18.1. The van der Waals surface area contributed by atoms with Crippen molar-refractivity contribution in [3.8, 4) is 0 Å². The van der Waals surface area contributed by atoms with E-state index >= 15 is 0 Å². The van der Waals surface area contributed by atoms with Crippen LogP contribution in [-0.2, 0) is 20.9 Å². The third-order valence-corrected chi connectivity index (χ3v) is 6.16. The summed E-state index contributed by atoms with van der Waals surface area (Å²) < 4.78 is 7.60. The second-order valence-electron chi connectivity index (χ2n) is 8.26. The first-order valence-electron chi connectivity index (χ1n) is 11.2. The van der Waals surface area contributed by atoms with Crippen molar-refractivity contribution in [3.63, 3.8) is 0 Å². The van der Waals surface area contributed by atoms with E-state index in [1.165, 1.54) is 0 Å². The van der Waals surface area contributed by atoms with E-state index in [9.17, 15) is 14.4 Å². The molecule has 1 aliphatic rings. The lowest BCUT2D eigenvalue weighted by Crippen LogP contribution is -2.35. The number of para-hydroxylation sites is 2.